The number of hydrogen-bond donors (Lipinski definition) is 3. The molecule has 2 rings (SSSR count). The van der Waals surface area contributed by atoms with Crippen molar-refractivity contribution in [3.05, 3.63) is 23.8 Å². The van der Waals surface area contributed by atoms with Gasteiger partial charge in [0.05, 0.1) is 18.1 Å². The molecule has 1 saturated heterocycles. The average Bonchev–Trinajstić information content (AvgIpc) is 2.54. The highest BCUT2D eigenvalue weighted by atomic mass is 16.5. The summed E-state index contributed by atoms with van der Waals surface area (Å²) in [4.78, 5) is 21.3. The molecule has 0 aromatic heterocycles. The molecular weight excluding hydrogens is 298 g/mol. The van der Waals surface area contributed by atoms with E-state index in [1.807, 2.05) is 0 Å². The molecule has 1 heterocycles. The molecule has 1 aliphatic heterocycles. The summed E-state index contributed by atoms with van der Waals surface area (Å²) in [6.07, 6.45) is 8.73. The highest BCUT2D eigenvalue weighted by molar-refractivity contribution is 5.90. The number of carboxylic acid groups (broad SMARTS) is 2. The van der Waals surface area contributed by atoms with Gasteiger partial charge in [-0.1, -0.05) is 38.0 Å². The SMILES string of the molecule is CC1(C(=O)O)C=CC=C(C(=O)O)C1.CCCCC1CNCCO1. The standard InChI is InChI=1S/C9H10O4.C8H17NO/c1-9(8(12)13)4-2-3-6(5-9)7(10)11;1-2-3-4-8-7-9-5-6-10-8/h2-4H,5H2,1H3,(H,10,11)(H,12,13);8-9H,2-7H2,1H3. The van der Waals surface area contributed by atoms with Gasteiger partial charge in [0.15, 0.2) is 0 Å². The molecule has 3 N–H and O–H groups in total. The third-order valence-corrected chi connectivity index (χ3v) is 3.97. The number of carboxylic acids is 2. The topological polar surface area (TPSA) is 95.9 Å². The summed E-state index contributed by atoms with van der Waals surface area (Å²) in [5.74, 6) is -2.06. The molecule has 2 atom stereocenters. The number of carbonyl (C=O) groups is 2. The molecular formula is C17H27NO5. The van der Waals surface area contributed by atoms with Crippen molar-refractivity contribution in [2.45, 2.75) is 45.6 Å². The maximum atomic E-state index is 10.8. The van der Waals surface area contributed by atoms with E-state index in [9.17, 15) is 9.59 Å². The fourth-order valence-corrected chi connectivity index (χ4v) is 2.42. The van der Waals surface area contributed by atoms with E-state index in [1.54, 1.807) is 0 Å². The largest absolute Gasteiger partial charge is 0.481 e. The van der Waals surface area contributed by atoms with Crippen LogP contribution in [0.1, 0.15) is 39.5 Å². The molecule has 1 fully saturated rings. The lowest BCUT2D eigenvalue weighted by Crippen LogP contribution is -2.38. The van der Waals surface area contributed by atoms with Crippen LogP contribution in [0.2, 0.25) is 0 Å². The number of hydrogen-bond acceptors (Lipinski definition) is 4. The average molecular weight is 325 g/mol. The second-order valence-electron chi connectivity index (χ2n) is 6.09. The summed E-state index contributed by atoms with van der Waals surface area (Å²) in [6.45, 7) is 6.70. The van der Waals surface area contributed by atoms with Gasteiger partial charge >= 0.3 is 11.9 Å². The van der Waals surface area contributed by atoms with E-state index in [-0.39, 0.29) is 12.0 Å². The zero-order valence-electron chi connectivity index (χ0n) is 13.9. The van der Waals surface area contributed by atoms with E-state index in [2.05, 4.69) is 12.2 Å². The van der Waals surface area contributed by atoms with E-state index in [1.165, 1.54) is 44.4 Å². The minimum Gasteiger partial charge on any atom is -0.481 e. The van der Waals surface area contributed by atoms with Crippen molar-refractivity contribution in [2.24, 2.45) is 5.41 Å². The van der Waals surface area contributed by atoms with Gasteiger partial charge in [-0.3, -0.25) is 4.79 Å². The monoisotopic (exact) mass is 325 g/mol. The Kier molecular flexibility index (Phi) is 7.98. The number of ether oxygens (including phenoxy) is 1. The maximum absolute atomic E-state index is 10.8. The second kappa shape index (κ2) is 9.47. The van der Waals surface area contributed by atoms with Crippen molar-refractivity contribution in [3.8, 4) is 0 Å². The Morgan fingerprint density at radius 1 is 1.43 bits per heavy atom. The number of nitrogens with one attached hydrogen (secondary N) is 1. The van der Waals surface area contributed by atoms with Crippen molar-refractivity contribution in [2.75, 3.05) is 19.7 Å². The Labute approximate surface area is 137 Å². The number of unbranched alkanes of at least 4 members (excludes halogenated alkanes) is 1. The van der Waals surface area contributed by atoms with E-state index in [0.29, 0.717) is 6.10 Å². The lowest BCUT2D eigenvalue weighted by molar-refractivity contribution is -0.145. The van der Waals surface area contributed by atoms with Crippen LogP contribution < -0.4 is 5.32 Å². The van der Waals surface area contributed by atoms with E-state index < -0.39 is 17.4 Å². The highest BCUT2D eigenvalue weighted by Gasteiger charge is 2.34. The van der Waals surface area contributed by atoms with Gasteiger partial charge in [0.25, 0.3) is 0 Å². The molecule has 0 spiro atoms. The van der Waals surface area contributed by atoms with Gasteiger partial charge in [0, 0.05) is 18.7 Å². The number of allylic oxidation sites excluding steroid dienone is 2. The van der Waals surface area contributed by atoms with Crippen LogP contribution in [0.5, 0.6) is 0 Å². The molecule has 0 aromatic carbocycles. The first-order valence-electron chi connectivity index (χ1n) is 8.06. The van der Waals surface area contributed by atoms with E-state index in [0.717, 1.165) is 19.7 Å². The first-order valence-corrected chi connectivity index (χ1v) is 8.06. The lowest BCUT2D eigenvalue weighted by atomic mass is 9.80. The predicted octanol–water partition coefficient (Wildman–Crippen LogP) is 2.21. The Hall–Kier alpha value is -1.66. The number of morpholine rings is 1. The predicted molar refractivity (Wildman–Crippen MR) is 87.4 cm³/mol. The van der Waals surface area contributed by atoms with Crippen LogP contribution in [0.3, 0.4) is 0 Å². The Morgan fingerprint density at radius 3 is 2.70 bits per heavy atom. The lowest BCUT2D eigenvalue weighted by Gasteiger charge is -2.23. The van der Waals surface area contributed by atoms with Crippen molar-refractivity contribution in [1.29, 1.82) is 0 Å². The first kappa shape index (κ1) is 19.4. The number of aliphatic carboxylic acids is 2. The second-order valence-corrected chi connectivity index (χ2v) is 6.09. The van der Waals surface area contributed by atoms with Crippen molar-refractivity contribution in [3.63, 3.8) is 0 Å². The van der Waals surface area contributed by atoms with Gasteiger partial charge < -0.3 is 20.3 Å². The molecule has 130 valence electrons. The maximum Gasteiger partial charge on any atom is 0.331 e. The minimum atomic E-state index is -1.08. The van der Waals surface area contributed by atoms with Crippen LogP contribution in [0, 0.1) is 5.41 Å². The fourth-order valence-electron chi connectivity index (χ4n) is 2.42. The van der Waals surface area contributed by atoms with Crippen molar-refractivity contribution < 1.29 is 24.5 Å². The Morgan fingerprint density at radius 2 is 2.17 bits per heavy atom. The van der Waals surface area contributed by atoms with Crippen molar-refractivity contribution in [1.82, 2.24) is 5.32 Å². The van der Waals surface area contributed by atoms with Gasteiger partial charge in [0.1, 0.15) is 0 Å². The van der Waals surface area contributed by atoms with Crippen LogP contribution in [-0.4, -0.2) is 48.0 Å². The summed E-state index contributed by atoms with van der Waals surface area (Å²) < 4.78 is 5.52. The van der Waals surface area contributed by atoms with Gasteiger partial charge in [-0.15, -0.1) is 0 Å². The summed E-state index contributed by atoms with van der Waals surface area (Å²) in [5.41, 5.74) is -0.949. The van der Waals surface area contributed by atoms with Crippen LogP contribution in [-0.2, 0) is 14.3 Å². The zero-order valence-corrected chi connectivity index (χ0v) is 13.9. The van der Waals surface area contributed by atoms with Gasteiger partial charge in [-0.05, 0) is 19.8 Å². The third kappa shape index (κ3) is 6.54. The highest BCUT2D eigenvalue weighted by Crippen LogP contribution is 2.31. The molecule has 0 amide bonds. The quantitative estimate of drug-likeness (QED) is 0.717. The van der Waals surface area contributed by atoms with Crippen molar-refractivity contribution >= 4 is 11.9 Å². The normalized spacial score (nSPS) is 26.7. The Bertz CT molecular complexity index is 466. The van der Waals surface area contributed by atoms with Crippen LogP contribution in [0.25, 0.3) is 0 Å². The third-order valence-electron chi connectivity index (χ3n) is 3.97. The summed E-state index contributed by atoms with van der Waals surface area (Å²) in [7, 11) is 0. The Balaban J connectivity index is 0.000000238. The van der Waals surface area contributed by atoms with Gasteiger partial charge in [0.2, 0.25) is 0 Å². The van der Waals surface area contributed by atoms with E-state index in [4.69, 9.17) is 14.9 Å². The minimum absolute atomic E-state index is 0.0359. The molecule has 23 heavy (non-hydrogen) atoms. The summed E-state index contributed by atoms with van der Waals surface area (Å²) in [6, 6.07) is 0. The van der Waals surface area contributed by atoms with Gasteiger partial charge in [-0.25, -0.2) is 4.79 Å². The van der Waals surface area contributed by atoms with Crippen LogP contribution in [0.15, 0.2) is 23.8 Å². The molecule has 0 bridgehead atoms. The molecule has 2 unspecified atom stereocenters. The smallest absolute Gasteiger partial charge is 0.331 e. The van der Waals surface area contributed by atoms with Crippen LogP contribution >= 0.6 is 0 Å². The fraction of sp³-hybridized carbons (Fsp3) is 0.647. The van der Waals surface area contributed by atoms with Crippen LogP contribution in [0.4, 0.5) is 0 Å². The molecule has 0 saturated carbocycles. The van der Waals surface area contributed by atoms with E-state index >= 15 is 0 Å². The molecule has 6 nitrogen and oxygen atoms in total. The molecule has 0 radical (unpaired) electrons. The molecule has 0 aromatic rings. The summed E-state index contributed by atoms with van der Waals surface area (Å²) >= 11 is 0. The molecule has 1 aliphatic carbocycles. The summed E-state index contributed by atoms with van der Waals surface area (Å²) in [5, 5.41) is 20.8. The molecule has 2 aliphatic rings. The van der Waals surface area contributed by atoms with Gasteiger partial charge in [-0.2, -0.15) is 0 Å². The zero-order chi connectivity index (χ0) is 17.3. The molecule has 6 heteroatoms. The number of rotatable bonds is 5. The first-order chi connectivity index (χ1) is 10.9.